The maximum Gasteiger partial charge on any atom is 0.273 e. The lowest BCUT2D eigenvalue weighted by Gasteiger charge is -2.12. The molecule has 0 spiro atoms. The molecule has 0 unspecified atom stereocenters. The molecule has 0 fully saturated rings. The third kappa shape index (κ3) is 2.47. The molecular weight excluding hydrogens is 196 g/mol. The van der Waals surface area contributed by atoms with Crippen LogP contribution in [0.4, 0.5) is 5.69 Å². The molecule has 6 nitrogen and oxygen atoms in total. The first-order valence-electron chi connectivity index (χ1n) is 4.59. The molecule has 6 heteroatoms. The minimum atomic E-state index is -0.152. The molecule has 1 amide bonds. The lowest BCUT2D eigenvalue weighted by atomic mass is 10.3. The highest BCUT2D eigenvalue weighted by Crippen LogP contribution is 2.12. The fourth-order valence-electron chi connectivity index (χ4n) is 1.19. The molecule has 1 heterocycles. The summed E-state index contributed by atoms with van der Waals surface area (Å²) in [5.74, 6) is -0.152. The molecule has 0 bridgehead atoms. The molecule has 1 aromatic rings. The summed E-state index contributed by atoms with van der Waals surface area (Å²) in [4.78, 5) is 13.2. The topological polar surface area (TPSA) is 73.4 Å². The Morgan fingerprint density at radius 1 is 1.67 bits per heavy atom. The van der Waals surface area contributed by atoms with Gasteiger partial charge in [0.15, 0.2) is 0 Å². The van der Waals surface area contributed by atoms with E-state index in [0.29, 0.717) is 24.5 Å². The molecule has 1 rings (SSSR count). The van der Waals surface area contributed by atoms with Crippen molar-refractivity contribution in [2.45, 2.75) is 6.54 Å². The van der Waals surface area contributed by atoms with Crippen LogP contribution in [0.5, 0.6) is 0 Å². The fraction of sp³-hybridized carbons (Fsp3) is 0.556. The van der Waals surface area contributed by atoms with Crippen molar-refractivity contribution in [3.05, 3.63) is 11.9 Å². The van der Waals surface area contributed by atoms with Gasteiger partial charge in [0, 0.05) is 21.2 Å². The Morgan fingerprint density at radius 2 is 2.33 bits per heavy atom. The predicted molar refractivity (Wildman–Crippen MR) is 56.5 cm³/mol. The van der Waals surface area contributed by atoms with E-state index in [1.807, 2.05) is 0 Å². The molecule has 0 saturated heterocycles. The van der Waals surface area contributed by atoms with Gasteiger partial charge in [-0.25, -0.2) is 0 Å². The van der Waals surface area contributed by atoms with Crippen molar-refractivity contribution in [1.29, 1.82) is 0 Å². The summed E-state index contributed by atoms with van der Waals surface area (Å²) in [7, 11) is 4.95. The summed E-state index contributed by atoms with van der Waals surface area (Å²) in [5, 5.41) is 4.02. The lowest BCUT2D eigenvalue weighted by molar-refractivity contribution is 0.0813. The Kier molecular flexibility index (Phi) is 3.68. The van der Waals surface area contributed by atoms with Gasteiger partial charge in [-0.05, 0) is 0 Å². The first-order valence-corrected chi connectivity index (χ1v) is 4.59. The summed E-state index contributed by atoms with van der Waals surface area (Å²) >= 11 is 0. The maximum atomic E-state index is 11.8. The van der Waals surface area contributed by atoms with E-state index in [-0.39, 0.29) is 5.91 Å². The second-order valence-corrected chi connectivity index (χ2v) is 3.36. The minimum absolute atomic E-state index is 0.152. The zero-order chi connectivity index (χ0) is 11.4. The minimum Gasteiger partial charge on any atom is -0.396 e. The molecule has 1 aromatic heterocycles. The van der Waals surface area contributed by atoms with Crippen LogP contribution >= 0.6 is 0 Å². The predicted octanol–water partition coefficient (Wildman–Crippen LogP) is -0.186. The summed E-state index contributed by atoms with van der Waals surface area (Å²) in [6, 6.07) is 0. The Hall–Kier alpha value is -1.56. The van der Waals surface area contributed by atoms with E-state index >= 15 is 0 Å². The van der Waals surface area contributed by atoms with E-state index in [1.165, 1.54) is 11.1 Å². The van der Waals surface area contributed by atoms with Gasteiger partial charge in [-0.15, -0.1) is 0 Å². The molecule has 0 aliphatic heterocycles. The highest BCUT2D eigenvalue weighted by molar-refractivity contribution is 5.97. The largest absolute Gasteiger partial charge is 0.396 e. The first-order chi connectivity index (χ1) is 7.07. The quantitative estimate of drug-likeness (QED) is 0.751. The van der Waals surface area contributed by atoms with Crippen LogP contribution in [0.3, 0.4) is 0 Å². The van der Waals surface area contributed by atoms with Crippen LogP contribution in [0.15, 0.2) is 6.20 Å². The van der Waals surface area contributed by atoms with E-state index in [1.54, 1.807) is 25.9 Å². The van der Waals surface area contributed by atoms with Crippen LogP contribution < -0.4 is 5.73 Å². The number of methoxy groups -OCH3 is 1. The Labute approximate surface area is 88.6 Å². The molecule has 84 valence electrons. The summed E-state index contributed by atoms with van der Waals surface area (Å²) in [6.45, 7) is 1.01. The van der Waals surface area contributed by atoms with Gasteiger partial charge in [-0.3, -0.25) is 9.48 Å². The SMILES string of the molecule is COCCn1ncc(N)c1C(=O)N(C)C. The number of carbonyl (C=O) groups excluding carboxylic acids is 1. The number of hydrogen-bond acceptors (Lipinski definition) is 4. The third-order valence-corrected chi connectivity index (χ3v) is 1.98. The summed E-state index contributed by atoms with van der Waals surface area (Å²) in [6.07, 6.45) is 1.48. The second-order valence-electron chi connectivity index (χ2n) is 3.36. The van der Waals surface area contributed by atoms with E-state index in [9.17, 15) is 4.79 Å². The number of rotatable bonds is 4. The van der Waals surface area contributed by atoms with Crippen molar-refractivity contribution in [2.75, 3.05) is 33.5 Å². The monoisotopic (exact) mass is 212 g/mol. The Balaban J connectivity index is 2.93. The summed E-state index contributed by atoms with van der Waals surface area (Å²) < 4.78 is 6.48. The number of hydrogen-bond donors (Lipinski definition) is 1. The van der Waals surface area contributed by atoms with E-state index < -0.39 is 0 Å². The standard InChI is InChI=1S/C9H16N4O2/c1-12(2)9(14)8-7(10)6-11-13(8)4-5-15-3/h6H,4-5,10H2,1-3H3. The number of nitrogen functional groups attached to an aromatic ring is 1. The number of nitrogens with two attached hydrogens (primary N) is 1. The molecule has 2 N–H and O–H groups in total. The van der Waals surface area contributed by atoms with E-state index in [0.717, 1.165) is 0 Å². The van der Waals surface area contributed by atoms with Gasteiger partial charge in [0.1, 0.15) is 5.69 Å². The number of amides is 1. The van der Waals surface area contributed by atoms with Crippen LogP contribution in [0.2, 0.25) is 0 Å². The van der Waals surface area contributed by atoms with Crippen LogP contribution in [0.1, 0.15) is 10.5 Å². The molecule has 0 aliphatic carbocycles. The van der Waals surface area contributed by atoms with Crippen LogP contribution in [-0.4, -0.2) is 48.4 Å². The van der Waals surface area contributed by atoms with Crippen LogP contribution in [0, 0.1) is 0 Å². The average molecular weight is 212 g/mol. The molecule has 0 aliphatic rings. The van der Waals surface area contributed by atoms with Crippen molar-refractivity contribution in [3.63, 3.8) is 0 Å². The van der Waals surface area contributed by atoms with Gasteiger partial charge in [0.05, 0.1) is 25.0 Å². The number of aromatic nitrogens is 2. The third-order valence-electron chi connectivity index (χ3n) is 1.98. The number of anilines is 1. The normalized spacial score (nSPS) is 10.3. The molecule has 0 atom stereocenters. The zero-order valence-corrected chi connectivity index (χ0v) is 9.23. The van der Waals surface area contributed by atoms with E-state index in [4.69, 9.17) is 10.5 Å². The number of carbonyl (C=O) groups is 1. The lowest BCUT2D eigenvalue weighted by Crippen LogP contribution is -2.26. The molecule has 0 radical (unpaired) electrons. The van der Waals surface area contributed by atoms with Gasteiger partial charge in [-0.1, -0.05) is 0 Å². The molecule has 0 aromatic carbocycles. The molecule has 15 heavy (non-hydrogen) atoms. The first kappa shape index (κ1) is 11.5. The van der Waals surface area contributed by atoms with Crippen LogP contribution in [0.25, 0.3) is 0 Å². The average Bonchev–Trinajstić information content (AvgIpc) is 2.55. The van der Waals surface area contributed by atoms with Crippen molar-refractivity contribution in [3.8, 4) is 0 Å². The summed E-state index contributed by atoms with van der Waals surface area (Å²) in [5.41, 5.74) is 6.49. The smallest absolute Gasteiger partial charge is 0.273 e. The molecular formula is C9H16N4O2. The van der Waals surface area contributed by atoms with Gasteiger partial charge in [-0.2, -0.15) is 5.10 Å². The number of ether oxygens (including phenoxy) is 1. The Morgan fingerprint density at radius 3 is 2.87 bits per heavy atom. The van der Waals surface area contributed by atoms with Gasteiger partial charge in [0.2, 0.25) is 0 Å². The van der Waals surface area contributed by atoms with Gasteiger partial charge >= 0.3 is 0 Å². The van der Waals surface area contributed by atoms with Crippen LogP contribution in [-0.2, 0) is 11.3 Å². The van der Waals surface area contributed by atoms with Gasteiger partial charge in [0.25, 0.3) is 5.91 Å². The van der Waals surface area contributed by atoms with E-state index in [2.05, 4.69) is 5.10 Å². The Bertz CT molecular complexity index is 346. The van der Waals surface area contributed by atoms with Crippen molar-refractivity contribution in [2.24, 2.45) is 0 Å². The highest BCUT2D eigenvalue weighted by atomic mass is 16.5. The van der Waals surface area contributed by atoms with Gasteiger partial charge < -0.3 is 15.4 Å². The fourth-order valence-corrected chi connectivity index (χ4v) is 1.19. The van der Waals surface area contributed by atoms with Crippen molar-refractivity contribution >= 4 is 11.6 Å². The molecule has 0 saturated carbocycles. The second kappa shape index (κ2) is 4.79. The highest BCUT2D eigenvalue weighted by Gasteiger charge is 2.17. The number of nitrogens with zero attached hydrogens (tertiary/aromatic N) is 3. The van der Waals surface area contributed by atoms with Crippen molar-refractivity contribution in [1.82, 2.24) is 14.7 Å². The maximum absolute atomic E-state index is 11.8. The zero-order valence-electron chi connectivity index (χ0n) is 9.23. The van der Waals surface area contributed by atoms with Crippen molar-refractivity contribution < 1.29 is 9.53 Å².